The van der Waals surface area contributed by atoms with E-state index in [4.69, 9.17) is 0 Å². The van der Waals surface area contributed by atoms with Crippen LogP contribution in [0.15, 0.2) is 24.3 Å². The Hall–Kier alpha value is -2.15. The van der Waals surface area contributed by atoms with E-state index in [9.17, 15) is 5.26 Å². The lowest BCUT2D eigenvalue weighted by atomic mass is 10.1. The van der Waals surface area contributed by atoms with Gasteiger partial charge in [-0.25, -0.2) is 4.68 Å². The molecule has 4 heteroatoms. The fourth-order valence-corrected chi connectivity index (χ4v) is 2.31. The summed E-state index contributed by atoms with van der Waals surface area (Å²) in [6.45, 7) is 5.06. The van der Waals surface area contributed by atoms with Gasteiger partial charge in [-0.1, -0.05) is 55.2 Å². The Balaban J connectivity index is 2.26. The fraction of sp³-hybridized carbons (Fsp3) is 0.438. The topological polar surface area (TPSA) is 54.5 Å². The predicted octanol–water partition coefficient (Wildman–Crippen LogP) is 3.71. The van der Waals surface area contributed by atoms with Gasteiger partial charge >= 0.3 is 0 Å². The van der Waals surface area contributed by atoms with Gasteiger partial charge in [0, 0.05) is 12.1 Å². The zero-order valence-corrected chi connectivity index (χ0v) is 12.1. The van der Waals surface area contributed by atoms with E-state index in [-0.39, 0.29) is 0 Å². The van der Waals surface area contributed by atoms with Crippen molar-refractivity contribution in [3.8, 4) is 17.3 Å². The molecular formula is C16H20N4. The first kappa shape index (κ1) is 14.3. The Labute approximate surface area is 120 Å². The number of hydrogen-bond donors (Lipinski definition) is 0. The monoisotopic (exact) mass is 268 g/mol. The molecule has 2 aromatic rings. The van der Waals surface area contributed by atoms with E-state index in [1.807, 2.05) is 29.8 Å². The second kappa shape index (κ2) is 6.85. The minimum Gasteiger partial charge on any atom is -0.243 e. The lowest BCUT2D eigenvalue weighted by Crippen LogP contribution is -2.03. The molecular weight excluding hydrogens is 248 g/mol. The number of benzene rings is 1. The van der Waals surface area contributed by atoms with E-state index in [2.05, 4.69) is 29.4 Å². The molecule has 0 saturated heterocycles. The molecule has 4 nitrogen and oxygen atoms in total. The SMILES string of the molecule is CCCCCCn1nnc(C#N)c1-c1cccc(C)c1. The van der Waals surface area contributed by atoms with Crippen molar-refractivity contribution in [1.29, 1.82) is 5.26 Å². The highest BCUT2D eigenvalue weighted by Crippen LogP contribution is 2.23. The number of unbranched alkanes of at least 4 members (excludes halogenated alkanes) is 3. The van der Waals surface area contributed by atoms with E-state index in [0.29, 0.717) is 5.69 Å². The zero-order valence-electron chi connectivity index (χ0n) is 12.1. The summed E-state index contributed by atoms with van der Waals surface area (Å²) in [5.41, 5.74) is 3.44. The third-order valence-corrected chi connectivity index (χ3v) is 3.36. The van der Waals surface area contributed by atoms with Crippen molar-refractivity contribution in [3.63, 3.8) is 0 Å². The van der Waals surface area contributed by atoms with Crippen LogP contribution >= 0.6 is 0 Å². The van der Waals surface area contributed by atoms with Gasteiger partial charge in [0.2, 0.25) is 0 Å². The molecule has 0 atom stereocenters. The van der Waals surface area contributed by atoms with Crippen molar-refractivity contribution < 1.29 is 0 Å². The maximum atomic E-state index is 9.21. The first-order valence-corrected chi connectivity index (χ1v) is 7.17. The van der Waals surface area contributed by atoms with Crippen molar-refractivity contribution >= 4 is 0 Å². The van der Waals surface area contributed by atoms with E-state index in [1.54, 1.807) is 0 Å². The Morgan fingerprint density at radius 3 is 2.80 bits per heavy atom. The summed E-state index contributed by atoms with van der Waals surface area (Å²) in [6, 6.07) is 10.3. The molecule has 0 spiro atoms. The second-order valence-corrected chi connectivity index (χ2v) is 5.05. The molecule has 0 N–H and O–H groups in total. The van der Waals surface area contributed by atoms with Crippen LogP contribution in [0.25, 0.3) is 11.3 Å². The van der Waals surface area contributed by atoms with Crippen LogP contribution in [0.4, 0.5) is 0 Å². The van der Waals surface area contributed by atoms with Gasteiger partial charge in [-0.15, -0.1) is 5.10 Å². The summed E-state index contributed by atoms with van der Waals surface area (Å²) in [7, 11) is 0. The second-order valence-electron chi connectivity index (χ2n) is 5.05. The molecule has 0 bridgehead atoms. The lowest BCUT2D eigenvalue weighted by molar-refractivity contribution is 0.531. The fourth-order valence-electron chi connectivity index (χ4n) is 2.31. The van der Waals surface area contributed by atoms with Crippen LogP contribution < -0.4 is 0 Å². The summed E-state index contributed by atoms with van der Waals surface area (Å²) in [5.74, 6) is 0. The number of rotatable bonds is 6. The Kier molecular flexibility index (Phi) is 4.89. The van der Waals surface area contributed by atoms with Crippen molar-refractivity contribution in [3.05, 3.63) is 35.5 Å². The average molecular weight is 268 g/mol. The summed E-state index contributed by atoms with van der Waals surface area (Å²) < 4.78 is 1.86. The number of nitrogens with zero attached hydrogens (tertiary/aromatic N) is 4. The van der Waals surface area contributed by atoms with Crippen molar-refractivity contribution in [1.82, 2.24) is 15.0 Å². The Bertz CT molecular complexity index is 607. The molecule has 0 fully saturated rings. The average Bonchev–Trinajstić information content (AvgIpc) is 2.86. The highest BCUT2D eigenvalue weighted by molar-refractivity contribution is 5.65. The summed E-state index contributed by atoms with van der Waals surface area (Å²) in [6.07, 6.45) is 4.71. The van der Waals surface area contributed by atoms with Gasteiger partial charge in [0.15, 0.2) is 5.69 Å². The third-order valence-electron chi connectivity index (χ3n) is 3.36. The maximum absolute atomic E-state index is 9.21. The van der Waals surface area contributed by atoms with Crippen LogP contribution in [0.5, 0.6) is 0 Å². The molecule has 104 valence electrons. The van der Waals surface area contributed by atoms with Gasteiger partial charge in [0.1, 0.15) is 11.8 Å². The largest absolute Gasteiger partial charge is 0.243 e. The van der Waals surface area contributed by atoms with Crippen LogP contribution in [0.2, 0.25) is 0 Å². The normalized spacial score (nSPS) is 10.4. The quantitative estimate of drug-likeness (QED) is 0.750. The van der Waals surface area contributed by atoms with E-state index in [0.717, 1.165) is 24.2 Å². The van der Waals surface area contributed by atoms with Crippen LogP contribution in [-0.4, -0.2) is 15.0 Å². The molecule has 0 unspecified atom stereocenters. The molecule has 0 radical (unpaired) electrons. The summed E-state index contributed by atoms with van der Waals surface area (Å²) in [5, 5.41) is 17.3. The van der Waals surface area contributed by atoms with E-state index >= 15 is 0 Å². The molecule has 1 aromatic heterocycles. The smallest absolute Gasteiger partial charge is 0.190 e. The van der Waals surface area contributed by atoms with Crippen LogP contribution in [0, 0.1) is 18.3 Å². The summed E-state index contributed by atoms with van der Waals surface area (Å²) >= 11 is 0. The highest BCUT2D eigenvalue weighted by Gasteiger charge is 2.14. The molecule has 0 aliphatic carbocycles. The number of aryl methyl sites for hydroxylation is 2. The standard InChI is InChI=1S/C16H20N4/c1-3-4-5-6-10-20-16(15(12-17)18-19-20)14-9-7-8-13(2)11-14/h7-9,11H,3-6,10H2,1-2H3. The predicted molar refractivity (Wildman–Crippen MR) is 79.1 cm³/mol. The number of aromatic nitrogens is 3. The molecule has 0 aliphatic heterocycles. The van der Waals surface area contributed by atoms with Crippen molar-refractivity contribution in [2.24, 2.45) is 0 Å². The van der Waals surface area contributed by atoms with Crippen molar-refractivity contribution in [2.75, 3.05) is 0 Å². The van der Waals surface area contributed by atoms with Gasteiger partial charge in [-0.05, 0) is 19.4 Å². The van der Waals surface area contributed by atoms with E-state index < -0.39 is 0 Å². The van der Waals surface area contributed by atoms with Gasteiger partial charge in [0.05, 0.1) is 0 Å². The van der Waals surface area contributed by atoms with Crippen LogP contribution in [0.3, 0.4) is 0 Å². The minimum atomic E-state index is 0.408. The van der Waals surface area contributed by atoms with Crippen LogP contribution in [0.1, 0.15) is 43.9 Å². The summed E-state index contributed by atoms with van der Waals surface area (Å²) in [4.78, 5) is 0. The van der Waals surface area contributed by atoms with Gasteiger partial charge in [-0.3, -0.25) is 0 Å². The Morgan fingerprint density at radius 2 is 2.10 bits per heavy atom. The molecule has 1 aromatic carbocycles. The molecule has 1 heterocycles. The first-order valence-electron chi connectivity index (χ1n) is 7.17. The number of nitriles is 1. The first-order chi connectivity index (χ1) is 9.76. The Morgan fingerprint density at radius 1 is 1.25 bits per heavy atom. The molecule has 2 rings (SSSR count). The minimum absolute atomic E-state index is 0.408. The lowest BCUT2D eigenvalue weighted by Gasteiger charge is -2.07. The third kappa shape index (κ3) is 3.24. The molecule has 0 saturated carbocycles. The zero-order chi connectivity index (χ0) is 14.4. The molecule has 0 aliphatic rings. The van der Waals surface area contributed by atoms with Crippen molar-refractivity contribution in [2.45, 2.75) is 46.1 Å². The van der Waals surface area contributed by atoms with Gasteiger partial charge < -0.3 is 0 Å². The van der Waals surface area contributed by atoms with Gasteiger partial charge in [0.25, 0.3) is 0 Å². The maximum Gasteiger partial charge on any atom is 0.190 e. The van der Waals surface area contributed by atoms with E-state index in [1.165, 1.54) is 24.8 Å². The highest BCUT2D eigenvalue weighted by atomic mass is 15.4. The van der Waals surface area contributed by atoms with Gasteiger partial charge in [-0.2, -0.15) is 5.26 Å². The molecule has 0 amide bonds. The molecule has 20 heavy (non-hydrogen) atoms. The van der Waals surface area contributed by atoms with Crippen LogP contribution in [-0.2, 0) is 6.54 Å². The number of hydrogen-bond acceptors (Lipinski definition) is 3.